The van der Waals surface area contributed by atoms with Crippen molar-refractivity contribution >= 4 is 16.9 Å². The van der Waals surface area contributed by atoms with E-state index < -0.39 is 17.2 Å². The summed E-state index contributed by atoms with van der Waals surface area (Å²) in [6.45, 7) is 0. The predicted octanol–water partition coefficient (Wildman–Crippen LogP) is 4.80. The molecule has 4 aromatic rings. The molecule has 0 aliphatic heterocycles. The molecule has 0 unspecified atom stereocenters. The molecule has 29 heavy (non-hydrogen) atoms. The highest BCUT2D eigenvalue weighted by molar-refractivity contribution is 5.87. The summed E-state index contributed by atoms with van der Waals surface area (Å²) in [7, 11) is 0. The fraction of sp³-hybridized carbons (Fsp3) is 0. The van der Waals surface area contributed by atoms with Crippen LogP contribution in [0.25, 0.3) is 22.3 Å². The van der Waals surface area contributed by atoms with Crippen LogP contribution in [-0.4, -0.2) is 16.2 Å². The second kappa shape index (κ2) is 7.12. The zero-order valence-electron chi connectivity index (χ0n) is 14.8. The highest BCUT2D eigenvalue weighted by Gasteiger charge is 2.19. The van der Waals surface area contributed by atoms with Crippen LogP contribution in [0.2, 0.25) is 0 Å². The first-order valence-electron chi connectivity index (χ1n) is 8.49. The minimum atomic E-state index is -1.09. The van der Waals surface area contributed by atoms with Crippen molar-refractivity contribution in [2.75, 3.05) is 0 Å². The summed E-state index contributed by atoms with van der Waals surface area (Å²) < 4.78 is 24.9. The molecule has 0 radical (unpaired) electrons. The van der Waals surface area contributed by atoms with Crippen molar-refractivity contribution in [2.45, 2.75) is 0 Å². The molecule has 0 aliphatic carbocycles. The molecule has 3 aromatic carbocycles. The molecule has 0 amide bonds. The van der Waals surface area contributed by atoms with Gasteiger partial charge in [0.2, 0.25) is 11.2 Å². The Labute approximate surface area is 163 Å². The number of rotatable bonds is 4. The van der Waals surface area contributed by atoms with Gasteiger partial charge in [0.05, 0.1) is 10.9 Å². The van der Waals surface area contributed by atoms with Crippen molar-refractivity contribution in [2.24, 2.45) is 0 Å². The van der Waals surface area contributed by atoms with Gasteiger partial charge in [-0.1, -0.05) is 0 Å². The van der Waals surface area contributed by atoms with Crippen molar-refractivity contribution in [1.29, 1.82) is 0 Å². The topological polar surface area (TPSA) is 97.0 Å². The number of fused-ring (bicyclic) bond motifs is 1. The van der Waals surface area contributed by atoms with E-state index in [-0.39, 0.29) is 39.5 Å². The van der Waals surface area contributed by atoms with E-state index in [9.17, 15) is 19.1 Å². The summed E-state index contributed by atoms with van der Waals surface area (Å²) in [5.74, 6) is -1.49. The molecule has 6 nitrogen and oxygen atoms in total. The molecule has 0 aliphatic rings. The van der Waals surface area contributed by atoms with Crippen LogP contribution in [-0.2, 0) is 0 Å². The van der Waals surface area contributed by atoms with Gasteiger partial charge in [-0.15, -0.1) is 0 Å². The molecular formula is C22H13FO6. The van der Waals surface area contributed by atoms with Gasteiger partial charge in [-0.3, -0.25) is 4.79 Å². The van der Waals surface area contributed by atoms with Crippen LogP contribution in [0.3, 0.4) is 0 Å². The maximum absolute atomic E-state index is 13.3. The van der Waals surface area contributed by atoms with E-state index in [0.29, 0.717) is 5.56 Å². The van der Waals surface area contributed by atoms with Crippen LogP contribution in [0.4, 0.5) is 4.39 Å². The maximum atomic E-state index is 13.3. The van der Waals surface area contributed by atoms with E-state index in [0.717, 1.165) is 0 Å². The van der Waals surface area contributed by atoms with Crippen molar-refractivity contribution in [3.63, 3.8) is 0 Å². The van der Waals surface area contributed by atoms with E-state index in [1.807, 2.05) is 0 Å². The van der Waals surface area contributed by atoms with Gasteiger partial charge in [0.25, 0.3) is 0 Å². The number of ether oxygens (including phenoxy) is 1. The smallest absolute Gasteiger partial charge is 0.335 e. The number of carboxylic acids is 1. The summed E-state index contributed by atoms with van der Waals surface area (Å²) in [4.78, 5) is 24.1. The van der Waals surface area contributed by atoms with Gasteiger partial charge in [-0.05, 0) is 60.7 Å². The minimum Gasteiger partial charge on any atom is -0.508 e. The highest BCUT2D eigenvalue weighted by Crippen LogP contribution is 2.34. The Kier molecular flexibility index (Phi) is 4.48. The van der Waals surface area contributed by atoms with Crippen LogP contribution in [0.5, 0.6) is 17.2 Å². The number of phenolic OH excluding ortho intramolecular Hbond substituents is 1. The third-order valence-corrected chi connectivity index (χ3v) is 4.26. The molecule has 144 valence electrons. The van der Waals surface area contributed by atoms with Gasteiger partial charge < -0.3 is 19.4 Å². The van der Waals surface area contributed by atoms with Gasteiger partial charge in [0.1, 0.15) is 22.9 Å². The average molecular weight is 392 g/mol. The first-order valence-corrected chi connectivity index (χ1v) is 8.49. The lowest BCUT2D eigenvalue weighted by Gasteiger charge is -2.12. The molecule has 0 atom stereocenters. The summed E-state index contributed by atoms with van der Waals surface area (Å²) in [5, 5.41) is 18.9. The fourth-order valence-corrected chi connectivity index (χ4v) is 2.83. The third kappa shape index (κ3) is 3.53. The number of carboxylic acid groups (broad SMARTS) is 1. The van der Waals surface area contributed by atoms with Gasteiger partial charge in [-0.2, -0.15) is 0 Å². The zero-order valence-corrected chi connectivity index (χ0v) is 14.8. The molecule has 0 bridgehead atoms. The second-order valence-corrected chi connectivity index (χ2v) is 6.21. The summed E-state index contributed by atoms with van der Waals surface area (Å²) >= 11 is 0. The molecule has 7 heteroatoms. The lowest BCUT2D eigenvalue weighted by molar-refractivity contribution is 0.0697. The Bertz CT molecular complexity index is 1270. The number of aromatic carboxylic acids is 1. The lowest BCUT2D eigenvalue weighted by Crippen LogP contribution is -2.07. The number of carbonyl (C=O) groups is 1. The molecule has 1 aromatic heterocycles. The molecule has 2 N–H and O–H groups in total. The number of aromatic hydroxyl groups is 1. The van der Waals surface area contributed by atoms with E-state index in [1.54, 1.807) is 0 Å². The van der Waals surface area contributed by atoms with Crippen LogP contribution < -0.4 is 10.2 Å². The van der Waals surface area contributed by atoms with Crippen molar-refractivity contribution in [1.82, 2.24) is 0 Å². The maximum Gasteiger partial charge on any atom is 0.335 e. The summed E-state index contributed by atoms with van der Waals surface area (Å²) in [5.41, 5.74) is 0.110. The largest absolute Gasteiger partial charge is 0.508 e. The number of halogens is 1. The standard InChI is InChI=1S/C22H13FO6/c23-14-5-1-12(2-6-14)20-21(28-16-8-3-13(4-9-16)22(26)27)19(25)17-10-7-15(24)11-18(17)29-20/h1-11,24H,(H,26,27). The van der Waals surface area contributed by atoms with E-state index in [4.69, 9.17) is 14.3 Å². The fourth-order valence-electron chi connectivity index (χ4n) is 2.83. The van der Waals surface area contributed by atoms with Gasteiger partial charge in [0, 0.05) is 11.6 Å². The molecule has 4 rings (SSSR count). The average Bonchev–Trinajstić information content (AvgIpc) is 2.71. The zero-order chi connectivity index (χ0) is 20.5. The molecular weight excluding hydrogens is 379 g/mol. The molecule has 1 heterocycles. The molecule has 0 saturated heterocycles. The number of hydrogen-bond acceptors (Lipinski definition) is 5. The Morgan fingerprint density at radius 3 is 2.31 bits per heavy atom. The van der Waals surface area contributed by atoms with Gasteiger partial charge in [-0.25, -0.2) is 9.18 Å². The molecule has 0 saturated carbocycles. The predicted molar refractivity (Wildman–Crippen MR) is 103 cm³/mol. The molecule has 0 spiro atoms. The highest BCUT2D eigenvalue weighted by atomic mass is 19.1. The Morgan fingerprint density at radius 2 is 1.66 bits per heavy atom. The van der Waals surface area contributed by atoms with E-state index in [2.05, 4.69) is 0 Å². The Hall–Kier alpha value is -4.13. The quantitative estimate of drug-likeness (QED) is 0.518. The van der Waals surface area contributed by atoms with E-state index >= 15 is 0 Å². The van der Waals surface area contributed by atoms with Gasteiger partial charge >= 0.3 is 5.97 Å². The normalized spacial score (nSPS) is 10.8. The monoisotopic (exact) mass is 392 g/mol. The Morgan fingerprint density at radius 1 is 0.966 bits per heavy atom. The number of hydrogen-bond donors (Lipinski definition) is 2. The first kappa shape index (κ1) is 18.2. The Balaban J connectivity index is 1.90. The van der Waals surface area contributed by atoms with E-state index in [1.165, 1.54) is 66.7 Å². The van der Waals surface area contributed by atoms with Crippen molar-refractivity contribution < 1.29 is 28.6 Å². The van der Waals surface area contributed by atoms with Crippen LogP contribution in [0, 0.1) is 5.82 Å². The number of phenols is 1. The molecule has 0 fully saturated rings. The third-order valence-electron chi connectivity index (χ3n) is 4.26. The second-order valence-electron chi connectivity index (χ2n) is 6.21. The lowest BCUT2D eigenvalue weighted by atomic mass is 10.1. The van der Waals surface area contributed by atoms with Crippen LogP contribution in [0.1, 0.15) is 10.4 Å². The number of benzene rings is 3. The van der Waals surface area contributed by atoms with Crippen LogP contribution >= 0.6 is 0 Å². The van der Waals surface area contributed by atoms with Crippen LogP contribution in [0.15, 0.2) is 75.9 Å². The minimum absolute atomic E-state index is 0.0513. The first-order chi connectivity index (χ1) is 13.9. The van der Waals surface area contributed by atoms with Crippen molar-refractivity contribution in [3.8, 4) is 28.6 Å². The van der Waals surface area contributed by atoms with Crippen molar-refractivity contribution in [3.05, 3.63) is 88.3 Å². The SMILES string of the molecule is O=C(O)c1ccc(Oc2c(-c3ccc(F)cc3)oc3cc(O)ccc3c2=O)cc1. The summed E-state index contributed by atoms with van der Waals surface area (Å²) in [6, 6.07) is 14.9. The van der Waals surface area contributed by atoms with Gasteiger partial charge in [0.15, 0.2) is 5.76 Å². The summed E-state index contributed by atoms with van der Waals surface area (Å²) in [6.07, 6.45) is 0.